The second-order valence-corrected chi connectivity index (χ2v) is 4.40. The van der Waals surface area contributed by atoms with Crippen molar-refractivity contribution in [3.63, 3.8) is 0 Å². The first kappa shape index (κ1) is 15.1. The predicted octanol–water partition coefficient (Wildman–Crippen LogP) is 1.74. The van der Waals surface area contributed by atoms with Crippen molar-refractivity contribution in [3.05, 3.63) is 65.2 Å². The Bertz CT molecular complexity index is 725. The van der Waals surface area contributed by atoms with E-state index in [1.54, 1.807) is 6.07 Å². The third-order valence-electron chi connectivity index (χ3n) is 2.79. The maximum atomic E-state index is 9.02. The highest BCUT2D eigenvalue weighted by Crippen LogP contribution is 2.15. The van der Waals surface area contributed by atoms with Gasteiger partial charge < -0.3 is 16.2 Å². The fourth-order valence-electron chi connectivity index (χ4n) is 1.73. The summed E-state index contributed by atoms with van der Waals surface area (Å²) in [6, 6.07) is 16.8. The summed E-state index contributed by atoms with van der Waals surface area (Å²) in [7, 11) is 0. The monoisotopic (exact) mass is 293 g/mol. The first-order chi connectivity index (χ1) is 10.7. The van der Waals surface area contributed by atoms with E-state index in [1.807, 2.05) is 42.5 Å². The zero-order valence-corrected chi connectivity index (χ0v) is 11.8. The minimum atomic E-state index is -0.0904. The summed E-state index contributed by atoms with van der Waals surface area (Å²) < 4.78 is 5.67. The van der Waals surface area contributed by atoms with Crippen molar-refractivity contribution >= 4 is 12.2 Å². The largest absolute Gasteiger partial charge is 0.489 e. The van der Waals surface area contributed by atoms with Gasteiger partial charge in [0.2, 0.25) is 5.96 Å². The van der Waals surface area contributed by atoms with Gasteiger partial charge in [-0.1, -0.05) is 18.2 Å². The van der Waals surface area contributed by atoms with Crippen molar-refractivity contribution < 1.29 is 4.74 Å². The van der Waals surface area contributed by atoms with Gasteiger partial charge in [-0.15, -0.1) is 5.10 Å². The van der Waals surface area contributed by atoms with Crippen LogP contribution < -0.4 is 16.2 Å². The molecular formula is C16H15N5O. The normalized spacial score (nSPS) is 10.1. The quantitative estimate of drug-likeness (QED) is 0.497. The molecule has 0 fully saturated rings. The van der Waals surface area contributed by atoms with Crippen LogP contribution in [0.4, 0.5) is 0 Å². The molecule has 0 saturated heterocycles. The molecule has 2 aromatic rings. The summed E-state index contributed by atoms with van der Waals surface area (Å²) in [5.41, 5.74) is 12.6. The maximum Gasteiger partial charge on any atom is 0.211 e. The summed E-state index contributed by atoms with van der Waals surface area (Å²) in [5.74, 6) is 0.610. The summed E-state index contributed by atoms with van der Waals surface area (Å²) >= 11 is 0. The van der Waals surface area contributed by atoms with E-state index in [-0.39, 0.29) is 5.96 Å². The molecule has 0 aliphatic carbocycles. The van der Waals surface area contributed by atoms with E-state index in [4.69, 9.17) is 21.5 Å². The lowest BCUT2D eigenvalue weighted by Crippen LogP contribution is -2.21. The van der Waals surface area contributed by atoms with Crippen LogP contribution in [-0.4, -0.2) is 12.2 Å². The van der Waals surface area contributed by atoms with Gasteiger partial charge in [-0.3, -0.25) is 0 Å². The van der Waals surface area contributed by atoms with Crippen LogP contribution in [0.2, 0.25) is 0 Å². The standard InChI is InChI=1S/C16H15N5O/c17-9-13-3-1-2-4-14(13)11-22-15-7-5-12(6-8-15)10-20-21-16(18)19/h1-8,10H,11H2,(H4,18,19,21). The van der Waals surface area contributed by atoms with Gasteiger partial charge in [0.25, 0.3) is 0 Å². The van der Waals surface area contributed by atoms with Crippen molar-refractivity contribution in [2.24, 2.45) is 21.7 Å². The molecule has 0 radical (unpaired) electrons. The lowest BCUT2D eigenvalue weighted by atomic mass is 10.1. The van der Waals surface area contributed by atoms with Crippen LogP contribution in [0, 0.1) is 11.3 Å². The Kier molecular flexibility index (Phi) is 5.10. The first-order valence-electron chi connectivity index (χ1n) is 6.52. The molecule has 0 aliphatic heterocycles. The van der Waals surface area contributed by atoms with Gasteiger partial charge in [-0.25, -0.2) is 0 Å². The fraction of sp³-hybridized carbons (Fsp3) is 0.0625. The number of nitriles is 1. The molecule has 0 aliphatic rings. The Labute approximate surface area is 128 Å². The SMILES string of the molecule is N#Cc1ccccc1COc1ccc(C=NN=C(N)N)cc1. The summed E-state index contributed by atoms with van der Waals surface area (Å²) in [6.07, 6.45) is 1.54. The Morgan fingerprint density at radius 3 is 2.55 bits per heavy atom. The van der Waals surface area contributed by atoms with Gasteiger partial charge in [0.15, 0.2) is 0 Å². The molecule has 0 atom stereocenters. The van der Waals surface area contributed by atoms with Crippen LogP contribution in [0.1, 0.15) is 16.7 Å². The second kappa shape index (κ2) is 7.45. The molecule has 2 rings (SSSR count). The highest BCUT2D eigenvalue weighted by molar-refractivity contribution is 5.81. The first-order valence-corrected chi connectivity index (χ1v) is 6.52. The Morgan fingerprint density at radius 1 is 1.14 bits per heavy atom. The number of benzene rings is 2. The van der Waals surface area contributed by atoms with Gasteiger partial charge >= 0.3 is 0 Å². The minimum Gasteiger partial charge on any atom is -0.489 e. The topological polar surface area (TPSA) is 110 Å². The van der Waals surface area contributed by atoms with E-state index in [9.17, 15) is 0 Å². The number of nitrogens with two attached hydrogens (primary N) is 2. The molecule has 6 heteroatoms. The van der Waals surface area contributed by atoms with Crippen molar-refractivity contribution in [1.82, 2.24) is 0 Å². The smallest absolute Gasteiger partial charge is 0.211 e. The lowest BCUT2D eigenvalue weighted by molar-refractivity contribution is 0.306. The highest BCUT2D eigenvalue weighted by atomic mass is 16.5. The lowest BCUT2D eigenvalue weighted by Gasteiger charge is -2.07. The van der Waals surface area contributed by atoms with E-state index in [2.05, 4.69) is 16.3 Å². The molecule has 2 aromatic carbocycles. The zero-order chi connectivity index (χ0) is 15.8. The van der Waals surface area contributed by atoms with E-state index in [0.29, 0.717) is 17.9 Å². The molecular weight excluding hydrogens is 278 g/mol. The van der Waals surface area contributed by atoms with Crippen molar-refractivity contribution in [3.8, 4) is 11.8 Å². The van der Waals surface area contributed by atoms with Crippen molar-refractivity contribution in [2.75, 3.05) is 0 Å². The third kappa shape index (κ3) is 4.35. The highest BCUT2D eigenvalue weighted by Gasteiger charge is 2.01. The molecule has 22 heavy (non-hydrogen) atoms. The number of guanidine groups is 1. The molecule has 6 nitrogen and oxygen atoms in total. The third-order valence-corrected chi connectivity index (χ3v) is 2.79. The van der Waals surface area contributed by atoms with Crippen LogP contribution in [-0.2, 0) is 6.61 Å². The van der Waals surface area contributed by atoms with Gasteiger partial charge in [0.05, 0.1) is 17.8 Å². The van der Waals surface area contributed by atoms with Crippen LogP contribution in [0.5, 0.6) is 5.75 Å². The zero-order valence-electron chi connectivity index (χ0n) is 11.8. The Hall–Kier alpha value is -3.33. The average Bonchev–Trinajstić information content (AvgIpc) is 2.54. The van der Waals surface area contributed by atoms with Gasteiger partial charge in [-0.05, 0) is 35.9 Å². The number of nitrogens with zero attached hydrogens (tertiary/aromatic N) is 3. The number of hydrogen-bond acceptors (Lipinski definition) is 4. The summed E-state index contributed by atoms with van der Waals surface area (Å²) in [6.45, 7) is 0.338. The molecule has 0 amide bonds. The predicted molar refractivity (Wildman–Crippen MR) is 85.3 cm³/mol. The summed E-state index contributed by atoms with van der Waals surface area (Å²) in [4.78, 5) is 0. The summed E-state index contributed by atoms with van der Waals surface area (Å²) in [5, 5.41) is 16.3. The van der Waals surface area contributed by atoms with Crippen LogP contribution in [0.25, 0.3) is 0 Å². The molecule has 0 heterocycles. The second-order valence-electron chi connectivity index (χ2n) is 4.40. The van der Waals surface area contributed by atoms with E-state index in [1.165, 1.54) is 6.21 Å². The molecule has 0 bridgehead atoms. The average molecular weight is 293 g/mol. The Balaban J connectivity index is 1.99. The van der Waals surface area contributed by atoms with E-state index in [0.717, 1.165) is 11.1 Å². The van der Waals surface area contributed by atoms with Crippen LogP contribution in [0.15, 0.2) is 58.7 Å². The van der Waals surface area contributed by atoms with Gasteiger partial charge in [-0.2, -0.15) is 10.4 Å². The molecule has 110 valence electrons. The van der Waals surface area contributed by atoms with Crippen LogP contribution in [0.3, 0.4) is 0 Å². The van der Waals surface area contributed by atoms with E-state index >= 15 is 0 Å². The molecule has 0 unspecified atom stereocenters. The van der Waals surface area contributed by atoms with Crippen molar-refractivity contribution in [2.45, 2.75) is 6.61 Å². The maximum absolute atomic E-state index is 9.02. The number of ether oxygens (including phenoxy) is 1. The fourth-order valence-corrected chi connectivity index (χ4v) is 1.73. The minimum absolute atomic E-state index is 0.0904. The van der Waals surface area contributed by atoms with Crippen molar-refractivity contribution in [1.29, 1.82) is 5.26 Å². The molecule has 4 N–H and O–H groups in total. The molecule has 0 aromatic heterocycles. The number of rotatable bonds is 5. The van der Waals surface area contributed by atoms with Gasteiger partial charge in [0.1, 0.15) is 12.4 Å². The van der Waals surface area contributed by atoms with E-state index < -0.39 is 0 Å². The molecule has 0 spiro atoms. The molecule has 0 saturated carbocycles. The van der Waals surface area contributed by atoms with Crippen LogP contribution >= 0.6 is 0 Å². The number of hydrogen-bond donors (Lipinski definition) is 2. The Morgan fingerprint density at radius 2 is 1.86 bits per heavy atom. The van der Waals surface area contributed by atoms with Gasteiger partial charge in [0, 0.05) is 5.56 Å².